The summed E-state index contributed by atoms with van der Waals surface area (Å²) in [5.74, 6) is 2.01. The third kappa shape index (κ3) is 4.85. The lowest BCUT2D eigenvalue weighted by atomic mass is 9.71. The Bertz CT molecular complexity index is 333. The lowest BCUT2D eigenvalue weighted by Gasteiger charge is -2.37. The van der Waals surface area contributed by atoms with E-state index in [4.69, 9.17) is 5.73 Å². The number of hydrogen-bond acceptors (Lipinski definition) is 2. The first-order valence-corrected chi connectivity index (χ1v) is 8.69. The highest BCUT2D eigenvalue weighted by Crippen LogP contribution is 2.40. The summed E-state index contributed by atoms with van der Waals surface area (Å²) < 4.78 is 0. The molecule has 4 heteroatoms. The van der Waals surface area contributed by atoms with Crippen molar-refractivity contribution in [3.63, 3.8) is 0 Å². The fourth-order valence-corrected chi connectivity index (χ4v) is 3.69. The molecule has 0 atom stereocenters. The molecule has 0 unspecified atom stereocenters. The number of nitrogens with zero attached hydrogens (tertiary/aromatic N) is 1. The number of rotatable bonds is 7. The smallest absolute Gasteiger partial charge is 0.223 e. The van der Waals surface area contributed by atoms with E-state index in [0.29, 0.717) is 18.9 Å². The molecule has 1 amide bonds. The molecule has 3 aliphatic carbocycles. The van der Waals surface area contributed by atoms with Crippen LogP contribution in [0.25, 0.3) is 0 Å². The highest BCUT2D eigenvalue weighted by atomic mass is 35.5. The third-order valence-corrected chi connectivity index (χ3v) is 5.58. The third-order valence-electron chi connectivity index (χ3n) is 5.58. The number of hydrogen-bond donors (Lipinski definition) is 1. The molecule has 0 heterocycles. The molecule has 21 heavy (non-hydrogen) atoms. The van der Waals surface area contributed by atoms with Crippen LogP contribution in [-0.4, -0.2) is 30.4 Å². The van der Waals surface area contributed by atoms with E-state index in [0.717, 1.165) is 37.8 Å². The van der Waals surface area contributed by atoms with E-state index in [1.807, 2.05) is 0 Å². The minimum absolute atomic E-state index is 0. The monoisotopic (exact) mass is 314 g/mol. The number of halogens is 1. The van der Waals surface area contributed by atoms with Crippen molar-refractivity contribution in [2.75, 3.05) is 19.6 Å². The quantitative estimate of drug-likeness (QED) is 0.783. The Morgan fingerprint density at radius 1 is 1.00 bits per heavy atom. The van der Waals surface area contributed by atoms with Crippen LogP contribution >= 0.6 is 12.4 Å². The van der Waals surface area contributed by atoms with Gasteiger partial charge in [-0.2, -0.15) is 0 Å². The maximum atomic E-state index is 12.8. The number of nitrogens with two attached hydrogens (primary N) is 1. The zero-order chi connectivity index (χ0) is 14.0. The van der Waals surface area contributed by atoms with E-state index >= 15 is 0 Å². The van der Waals surface area contributed by atoms with Crippen molar-refractivity contribution in [3.05, 3.63) is 0 Å². The van der Waals surface area contributed by atoms with Crippen LogP contribution in [0.4, 0.5) is 0 Å². The average Bonchev–Trinajstić information content (AvgIpc) is 3.34. The topological polar surface area (TPSA) is 46.3 Å². The molecule has 0 radical (unpaired) electrons. The van der Waals surface area contributed by atoms with Gasteiger partial charge in [0.2, 0.25) is 5.91 Å². The summed E-state index contributed by atoms with van der Waals surface area (Å²) in [7, 11) is 0. The van der Waals surface area contributed by atoms with Gasteiger partial charge in [-0.1, -0.05) is 19.3 Å². The van der Waals surface area contributed by atoms with E-state index in [1.54, 1.807) is 0 Å². The minimum Gasteiger partial charge on any atom is -0.342 e. The highest BCUT2D eigenvalue weighted by molar-refractivity contribution is 5.85. The molecule has 2 N–H and O–H groups in total. The van der Waals surface area contributed by atoms with Crippen LogP contribution in [0.15, 0.2) is 0 Å². The molecule has 0 bridgehead atoms. The van der Waals surface area contributed by atoms with Gasteiger partial charge >= 0.3 is 0 Å². The van der Waals surface area contributed by atoms with E-state index in [-0.39, 0.29) is 17.8 Å². The second-order valence-corrected chi connectivity index (χ2v) is 7.63. The maximum Gasteiger partial charge on any atom is 0.223 e. The molecule has 3 nitrogen and oxygen atoms in total. The molecule has 0 aromatic carbocycles. The molecule has 3 rings (SSSR count). The standard InChI is InChI=1S/C17H30N2O.ClH/c18-13-17(8-2-1-3-9-17)10-16(20)19(11-14-4-5-14)12-15-6-7-15;/h14-15H,1-13,18H2;1H. The predicted octanol–water partition coefficient (Wildman–Crippen LogP) is 3.36. The lowest BCUT2D eigenvalue weighted by Crippen LogP contribution is -2.42. The summed E-state index contributed by atoms with van der Waals surface area (Å²) in [5.41, 5.74) is 6.17. The minimum atomic E-state index is 0. The average molecular weight is 315 g/mol. The number of carbonyl (C=O) groups is 1. The van der Waals surface area contributed by atoms with Crippen LogP contribution in [0.5, 0.6) is 0 Å². The van der Waals surface area contributed by atoms with Gasteiger partial charge in [0.15, 0.2) is 0 Å². The summed E-state index contributed by atoms with van der Waals surface area (Å²) in [6.07, 6.45) is 12.2. The van der Waals surface area contributed by atoms with Gasteiger partial charge in [0, 0.05) is 19.5 Å². The Morgan fingerprint density at radius 3 is 1.95 bits per heavy atom. The molecule has 3 aliphatic rings. The first-order valence-electron chi connectivity index (χ1n) is 8.69. The number of amides is 1. The zero-order valence-corrected chi connectivity index (χ0v) is 14.0. The van der Waals surface area contributed by atoms with Gasteiger partial charge in [-0.25, -0.2) is 0 Å². The normalized spacial score (nSPS) is 24.2. The first kappa shape index (κ1) is 17.1. The van der Waals surface area contributed by atoms with Crippen LogP contribution < -0.4 is 5.73 Å². The fraction of sp³-hybridized carbons (Fsp3) is 0.941. The van der Waals surface area contributed by atoms with Gasteiger partial charge in [-0.15, -0.1) is 12.4 Å². The Balaban J connectivity index is 0.00000161. The zero-order valence-electron chi connectivity index (χ0n) is 13.2. The van der Waals surface area contributed by atoms with E-state index < -0.39 is 0 Å². The molecule has 3 fully saturated rings. The van der Waals surface area contributed by atoms with Gasteiger partial charge in [-0.3, -0.25) is 4.79 Å². The fourth-order valence-electron chi connectivity index (χ4n) is 3.69. The Hall–Kier alpha value is -0.280. The first-order chi connectivity index (χ1) is 9.71. The van der Waals surface area contributed by atoms with Crippen molar-refractivity contribution in [1.82, 2.24) is 4.90 Å². The second-order valence-electron chi connectivity index (χ2n) is 7.63. The molecule has 0 aromatic heterocycles. The number of carbonyl (C=O) groups excluding carboxylic acids is 1. The summed E-state index contributed by atoms with van der Waals surface area (Å²) in [6.45, 7) is 2.74. The summed E-state index contributed by atoms with van der Waals surface area (Å²) >= 11 is 0. The Morgan fingerprint density at radius 2 is 1.52 bits per heavy atom. The Labute approximate surface area is 135 Å². The molecular weight excluding hydrogens is 284 g/mol. The largest absolute Gasteiger partial charge is 0.342 e. The molecule has 0 aliphatic heterocycles. The molecule has 0 spiro atoms. The van der Waals surface area contributed by atoms with Gasteiger partial charge in [-0.05, 0) is 62.3 Å². The van der Waals surface area contributed by atoms with Crippen LogP contribution in [0.2, 0.25) is 0 Å². The maximum absolute atomic E-state index is 12.8. The van der Waals surface area contributed by atoms with Crippen molar-refractivity contribution in [1.29, 1.82) is 0 Å². The van der Waals surface area contributed by atoms with Gasteiger partial charge in [0.05, 0.1) is 0 Å². The summed E-state index contributed by atoms with van der Waals surface area (Å²) in [6, 6.07) is 0. The van der Waals surface area contributed by atoms with Gasteiger partial charge in [0.25, 0.3) is 0 Å². The van der Waals surface area contributed by atoms with E-state index in [9.17, 15) is 4.79 Å². The molecule has 122 valence electrons. The van der Waals surface area contributed by atoms with Crippen molar-refractivity contribution < 1.29 is 4.79 Å². The molecule has 0 aromatic rings. The lowest BCUT2D eigenvalue weighted by molar-refractivity contribution is -0.134. The van der Waals surface area contributed by atoms with Crippen molar-refractivity contribution >= 4 is 18.3 Å². The van der Waals surface area contributed by atoms with Crippen LogP contribution in [0, 0.1) is 17.3 Å². The van der Waals surface area contributed by atoms with Crippen molar-refractivity contribution in [3.8, 4) is 0 Å². The molecule has 0 saturated heterocycles. The summed E-state index contributed by atoms with van der Waals surface area (Å²) in [4.78, 5) is 15.0. The van der Waals surface area contributed by atoms with E-state index in [2.05, 4.69) is 4.90 Å². The van der Waals surface area contributed by atoms with Crippen LogP contribution in [0.3, 0.4) is 0 Å². The highest BCUT2D eigenvalue weighted by Gasteiger charge is 2.37. The van der Waals surface area contributed by atoms with Gasteiger partial charge < -0.3 is 10.6 Å². The Kier molecular flexibility index (Phi) is 5.96. The SMILES string of the molecule is Cl.NCC1(CC(=O)N(CC2CC2)CC2CC2)CCCCC1. The van der Waals surface area contributed by atoms with E-state index in [1.165, 1.54) is 44.9 Å². The van der Waals surface area contributed by atoms with Crippen molar-refractivity contribution in [2.45, 2.75) is 64.2 Å². The van der Waals surface area contributed by atoms with Crippen molar-refractivity contribution in [2.24, 2.45) is 23.0 Å². The second kappa shape index (κ2) is 7.32. The van der Waals surface area contributed by atoms with Crippen LogP contribution in [0.1, 0.15) is 64.2 Å². The van der Waals surface area contributed by atoms with Crippen LogP contribution in [-0.2, 0) is 4.79 Å². The van der Waals surface area contributed by atoms with Gasteiger partial charge in [0.1, 0.15) is 0 Å². The molecule has 3 saturated carbocycles. The summed E-state index contributed by atoms with van der Waals surface area (Å²) in [5, 5.41) is 0. The molecular formula is C17H31ClN2O. The predicted molar refractivity (Wildman–Crippen MR) is 88.5 cm³/mol.